The van der Waals surface area contributed by atoms with Gasteiger partial charge in [-0.05, 0) is 32.0 Å². The molecule has 0 aliphatic rings. The summed E-state index contributed by atoms with van der Waals surface area (Å²) in [6.07, 6.45) is 0.0135. The molecule has 1 aromatic rings. The van der Waals surface area contributed by atoms with Crippen LogP contribution in [-0.4, -0.2) is 17.7 Å². The third kappa shape index (κ3) is 4.24. The van der Waals surface area contributed by atoms with Crippen molar-refractivity contribution < 1.29 is 18.4 Å². The molecule has 1 N–H and O–H groups in total. The van der Waals surface area contributed by atoms with Crippen molar-refractivity contribution in [1.82, 2.24) is 5.32 Å². The third-order valence-corrected chi connectivity index (χ3v) is 2.27. The van der Waals surface area contributed by atoms with E-state index in [9.17, 15) is 18.4 Å². The van der Waals surface area contributed by atoms with Gasteiger partial charge < -0.3 is 5.32 Å². The van der Waals surface area contributed by atoms with Crippen molar-refractivity contribution in [2.45, 2.75) is 32.7 Å². The number of nitrogens with one attached hydrogen (secondary N) is 1. The van der Waals surface area contributed by atoms with E-state index < -0.39 is 11.6 Å². The Labute approximate surface area is 104 Å². The molecule has 0 saturated heterocycles. The zero-order valence-electron chi connectivity index (χ0n) is 10.3. The van der Waals surface area contributed by atoms with E-state index in [0.717, 1.165) is 12.1 Å². The van der Waals surface area contributed by atoms with Crippen molar-refractivity contribution in [2.24, 2.45) is 0 Å². The molecule has 0 radical (unpaired) electrons. The highest BCUT2D eigenvalue weighted by molar-refractivity contribution is 5.97. The Bertz CT molecular complexity index is 458. The van der Waals surface area contributed by atoms with Gasteiger partial charge in [0.05, 0.1) is 0 Å². The lowest BCUT2D eigenvalue weighted by atomic mass is 10.1. The molecule has 1 amide bonds. The Balaban J connectivity index is 2.55. The fourth-order valence-corrected chi connectivity index (χ4v) is 1.44. The number of carbonyl (C=O) groups excluding carboxylic acids is 2. The van der Waals surface area contributed by atoms with Gasteiger partial charge in [-0.1, -0.05) is 0 Å². The minimum atomic E-state index is -1.06. The molecule has 0 atom stereocenters. The summed E-state index contributed by atoms with van der Waals surface area (Å²) in [6, 6.07) is 2.96. The highest BCUT2D eigenvalue weighted by atomic mass is 19.2. The molecule has 98 valence electrons. The number of ketones is 1. The summed E-state index contributed by atoms with van der Waals surface area (Å²) < 4.78 is 25.6. The van der Waals surface area contributed by atoms with Crippen LogP contribution in [0.4, 0.5) is 8.78 Å². The van der Waals surface area contributed by atoms with Crippen molar-refractivity contribution >= 4 is 11.7 Å². The summed E-state index contributed by atoms with van der Waals surface area (Å²) >= 11 is 0. The molecule has 0 aromatic heterocycles. The van der Waals surface area contributed by atoms with Crippen LogP contribution < -0.4 is 5.32 Å². The molecule has 0 saturated carbocycles. The van der Waals surface area contributed by atoms with Crippen molar-refractivity contribution in [2.75, 3.05) is 0 Å². The van der Waals surface area contributed by atoms with E-state index in [1.165, 1.54) is 6.07 Å². The molecule has 0 spiro atoms. The van der Waals surface area contributed by atoms with E-state index in [2.05, 4.69) is 5.32 Å². The SMILES string of the molecule is CC(C)NC(=O)CCC(=O)c1ccc(F)c(F)c1. The molecule has 3 nitrogen and oxygen atoms in total. The average molecular weight is 255 g/mol. The molecule has 0 aliphatic heterocycles. The van der Waals surface area contributed by atoms with Gasteiger partial charge in [0.25, 0.3) is 0 Å². The van der Waals surface area contributed by atoms with E-state index in [1.807, 2.05) is 13.8 Å². The second kappa shape index (κ2) is 6.23. The minimum absolute atomic E-state index is 0.0101. The van der Waals surface area contributed by atoms with E-state index in [-0.39, 0.29) is 36.1 Å². The lowest BCUT2D eigenvalue weighted by Crippen LogP contribution is -2.30. The second-order valence-electron chi connectivity index (χ2n) is 4.27. The predicted octanol–water partition coefficient (Wildman–Crippen LogP) is 2.45. The normalized spacial score (nSPS) is 10.5. The summed E-state index contributed by atoms with van der Waals surface area (Å²) in [7, 11) is 0. The molecule has 18 heavy (non-hydrogen) atoms. The highest BCUT2D eigenvalue weighted by Gasteiger charge is 2.12. The number of rotatable bonds is 5. The van der Waals surface area contributed by atoms with Gasteiger partial charge in [0, 0.05) is 24.4 Å². The zero-order chi connectivity index (χ0) is 13.7. The first kappa shape index (κ1) is 14.3. The Hall–Kier alpha value is -1.78. The summed E-state index contributed by atoms with van der Waals surface area (Å²) in [5.74, 6) is -2.68. The number of amides is 1. The summed E-state index contributed by atoms with van der Waals surface area (Å²) in [5, 5.41) is 2.64. The lowest BCUT2D eigenvalue weighted by molar-refractivity contribution is -0.121. The summed E-state index contributed by atoms with van der Waals surface area (Å²) in [4.78, 5) is 22.9. The van der Waals surface area contributed by atoms with Crippen LogP contribution in [0, 0.1) is 11.6 Å². The smallest absolute Gasteiger partial charge is 0.220 e. The molecule has 0 bridgehead atoms. The Kier molecular flexibility index (Phi) is 4.95. The maximum Gasteiger partial charge on any atom is 0.220 e. The van der Waals surface area contributed by atoms with Crippen LogP contribution in [-0.2, 0) is 4.79 Å². The lowest BCUT2D eigenvalue weighted by Gasteiger charge is -2.07. The number of Topliss-reactive ketones (excluding diaryl/α,β-unsaturated/α-hetero) is 1. The molecule has 0 fully saturated rings. The van der Waals surface area contributed by atoms with Crippen molar-refractivity contribution in [3.05, 3.63) is 35.4 Å². The van der Waals surface area contributed by atoms with Gasteiger partial charge in [-0.3, -0.25) is 9.59 Å². The van der Waals surface area contributed by atoms with Crippen LogP contribution in [0.15, 0.2) is 18.2 Å². The van der Waals surface area contributed by atoms with Crippen LogP contribution in [0.2, 0.25) is 0 Å². The maximum absolute atomic E-state index is 12.9. The standard InChI is InChI=1S/C13H15F2NO2/c1-8(2)16-13(18)6-5-12(17)9-3-4-10(14)11(15)7-9/h3-4,7-8H,5-6H2,1-2H3,(H,16,18). The van der Waals surface area contributed by atoms with Gasteiger partial charge in [-0.25, -0.2) is 8.78 Å². The van der Waals surface area contributed by atoms with Gasteiger partial charge in [0.2, 0.25) is 5.91 Å². The number of benzene rings is 1. The molecule has 0 unspecified atom stereocenters. The fourth-order valence-electron chi connectivity index (χ4n) is 1.44. The predicted molar refractivity (Wildman–Crippen MR) is 63.2 cm³/mol. The van der Waals surface area contributed by atoms with Crippen molar-refractivity contribution in [3.63, 3.8) is 0 Å². The molecule has 5 heteroatoms. The summed E-state index contributed by atoms with van der Waals surface area (Å²) in [5.41, 5.74) is 0.0752. The number of halogens is 2. The van der Waals surface area contributed by atoms with Gasteiger partial charge in [0.15, 0.2) is 17.4 Å². The number of hydrogen-bond acceptors (Lipinski definition) is 2. The summed E-state index contributed by atoms with van der Waals surface area (Å²) in [6.45, 7) is 3.63. The quantitative estimate of drug-likeness (QED) is 0.821. The van der Waals surface area contributed by atoms with Crippen LogP contribution >= 0.6 is 0 Å². The number of hydrogen-bond donors (Lipinski definition) is 1. The molecule has 1 rings (SSSR count). The van der Waals surface area contributed by atoms with Crippen LogP contribution in [0.5, 0.6) is 0 Å². The second-order valence-corrected chi connectivity index (χ2v) is 4.27. The van der Waals surface area contributed by atoms with E-state index in [0.29, 0.717) is 0 Å². The first-order valence-corrected chi connectivity index (χ1v) is 5.67. The fraction of sp³-hybridized carbons (Fsp3) is 0.385. The van der Waals surface area contributed by atoms with Gasteiger partial charge in [-0.2, -0.15) is 0 Å². The maximum atomic E-state index is 12.9. The zero-order valence-corrected chi connectivity index (χ0v) is 10.3. The molecular weight excluding hydrogens is 240 g/mol. The Morgan fingerprint density at radius 3 is 2.39 bits per heavy atom. The van der Waals surface area contributed by atoms with Gasteiger partial charge in [-0.15, -0.1) is 0 Å². The number of carbonyl (C=O) groups is 2. The van der Waals surface area contributed by atoms with Gasteiger partial charge >= 0.3 is 0 Å². The first-order valence-electron chi connectivity index (χ1n) is 5.67. The average Bonchev–Trinajstić information content (AvgIpc) is 2.28. The topological polar surface area (TPSA) is 46.2 Å². The molecule has 1 aromatic carbocycles. The van der Waals surface area contributed by atoms with Crippen LogP contribution in [0.3, 0.4) is 0 Å². The molecular formula is C13H15F2NO2. The van der Waals surface area contributed by atoms with E-state index in [4.69, 9.17) is 0 Å². The molecule has 0 aliphatic carbocycles. The largest absolute Gasteiger partial charge is 0.354 e. The third-order valence-electron chi connectivity index (χ3n) is 2.27. The van der Waals surface area contributed by atoms with Crippen LogP contribution in [0.25, 0.3) is 0 Å². The van der Waals surface area contributed by atoms with E-state index in [1.54, 1.807) is 0 Å². The van der Waals surface area contributed by atoms with Gasteiger partial charge in [0.1, 0.15) is 0 Å². The minimum Gasteiger partial charge on any atom is -0.354 e. The highest BCUT2D eigenvalue weighted by Crippen LogP contribution is 2.11. The first-order chi connectivity index (χ1) is 8.40. The Morgan fingerprint density at radius 1 is 1.17 bits per heavy atom. The molecule has 0 heterocycles. The van der Waals surface area contributed by atoms with Crippen LogP contribution in [0.1, 0.15) is 37.0 Å². The monoisotopic (exact) mass is 255 g/mol. The van der Waals surface area contributed by atoms with Crippen molar-refractivity contribution in [3.8, 4) is 0 Å². The van der Waals surface area contributed by atoms with E-state index >= 15 is 0 Å². The van der Waals surface area contributed by atoms with Crippen molar-refractivity contribution in [1.29, 1.82) is 0 Å². The Morgan fingerprint density at radius 2 is 1.83 bits per heavy atom.